The summed E-state index contributed by atoms with van der Waals surface area (Å²) >= 11 is 0. The first kappa shape index (κ1) is 13.9. The van der Waals surface area contributed by atoms with Crippen molar-refractivity contribution in [3.05, 3.63) is 18.3 Å². The van der Waals surface area contributed by atoms with Crippen LogP contribution >= 0.6 is 0 Å². The molecule has 1 rings (SSSR count). The third-order valence-electron chi connectivity index (χ3n) is 2.27. The Balaban J connectivity index is 2.75. The number of hydrogen-bond donors (Lipinski definition) is 2. The molecule has 0 aliphatic rings. The molecule has 0 aliphatic heterocycles. The highest BCUT2D eigenvalue weighted by atomic mass is 32.2. The van der Waals surface area contributed by atoms with Crippen LogP contribution in [0.5, 0.6) is 0 Å². The van der Waals surface area contributed by atoms with Crippen LogP contribution in [0.3, 0.4) is 0 Å². The number of nitrogens with zero attached hydrogens (tertiary/aromatic N) is 1. The zero-order valence-electron chi connectivity index (χ0n) is 10.1. The van der Waals surface area contributed by atoms with Gasteiger partial charge >= 0.3 is 0 Å². The van der Waals surface area contributed by atoms with Crippen molar-refractivity contribution in [1.82, 2.24) is 9.71 Å². The first-order valence-corrected chi connectivity index (χ1v) is 6.64. The number of ether oxygens (including phenoxy) is 1. The molecule has 0 saturated carbocycles. The van der Waals surface area contributed by atoms with E-state index < -0.39 is 10.0 Å². The average Bonchev–Trinajstić information content (AvgIpc) is 2.36. The molecule has 7 heteroatoms. The second-order valence-corrected chi connectivity index (χ2v) is 5.29. The maximum atomic E-state index is 11.8. The molecule has 17 heavy (non-hydrogen) atoms. The van der Waals surface area contributed by atoms with Crippen LogP contribution in [0.1, 0.15) is 6.92 Å². The van der Waals surface area contributed by atoms with E-state index in [-0.39, 0.29) is 17.5 Å². The lowest BCUT2D eigenvalue weighted by atomic mass is 10.4. The minimum atomic E-state index is -3.51. The Morgan fingerprint density at radius 2 is 2.18 bits per heavy atom. The second-order valence-electron chi connectivity index (χ2n) is 3.53. The quantitative estimate of drug-likeness (QED) is 0.774. The van der Waals surface area contributed by atoms with Gasteiger partial charge in [-0.3, -0.25) is 0 Å². The largest absolute Gasteiger partial charge is 0.380 e. The zero-order valence-corrected chi connectivity index (χ0v) is 10.9. The number of sulfonamides is 1. The molecule has 2 N–H and O–H groups in total. The predicted molar refractivity (Wildman–Crippen MR) is 65.4 cm³/mol. The molecule has 0 amide bonds. The summed E-state index contributed by atoms with van der Waals surface area (Å²) in [6.45, 7) is 2.01. The maximum absolute atomic E-state index is 11.8. The van der Waals surface area contributed by atoms with Crippen molar-refractivity contribution in [2.45, 2.75) is 17.9 Å². The van der Waals surface area contributed by atoms with E-state index in [1.165, 1.54) is 19.4 Å². The van der Waals surface area contributed by atoms with Crippen LogP contribution in [0, 0.1) is 0 Å². The molecular weight excluding hydrogens is 242 g/mol. The number of hydrogen-bond acceptors (Lipinski definition) is 5. The Labute approximate surface area is 101 Å². The average molecular weight is 259 g/mol. The Kier molecular flexibility index (Phi) is 4.86. The molecule has 0 saturated heterocycles. The van der Waals surface area contributed by atoms with Crippen LogP contribution in [-0.2, 0) is 14.8 Å². The summed E-state index contributed by atoms with van der Waals surface area (Å²) < 4.78 is 31.1. The van der Waals surface area contributed by atoms with Gasteiger partial charge in [-0.2, -0.15) is 0 Å². The van der Waals surface area contributed by atoms with Gasteiger partial charge in [0.25, 0.3) is 0 Å². The van der Waals surface area contributed by atoms with Crippen LogP contribution < -0.4 is 10.0 Å². The number of aromatic nitrogens is 1. The number of rotatable bonds is 6. The Morgan fingerprint density at radius 3 is 2.65 bits per heavy atom. The minimum absolute atomic E-state index is 0.139. The highest BCUT2D eigenvalue weighted by Gasteiger charge is 2.15. The van der Waals surface area contributed by atoms with Crippen LogP contribution in [0.2, 0.25) is 0 Å². The summed E-state index contributed by atoms with van der Waals surface area (Å²) in [5.41, 5.74) is 0. The molecule has 0 radical (unpaired) electrons. The van der Waals surface area contributed by atoms with E-state index in [0.717, 1.165) is 0 Å². The molecule has 1 atom stereocenters. The molecule has 96 valence electrons. The lowest BCUT2D eigenvalue weighted by Crippen LogP contribution is -2.31. The van der Waals surface area contributed by atoms with E-state index in [0.29, 0.717) is 5.82 Å². The molecule has 1 aromatic heterocycles. The first-order valence-electron chi connectivity index (χ1n) is 5.16. The smallest absolute Gasteiger partial charge is 0.242 e. The number of nitrogens with one attached hydrogen (secondary N) is 2. The predicted octanol–water partition coefficient (Wildman–Crippen LogP) is 0.436. The molecule has 1 heterocycles. The minimum Gasteiger partial charge on any atom is -0.380 e. The highest BCUT2D eigenvalue weighted by Crippen LogP contribution is 2.09. The summed E-state index contributed by atoms with van der Waals surface area (Å²) in [6.07, 6.45) is 1.14. The zero-order chi connectivity index (χ0) is 12.9. The third kappa shape index (κ3) is 3.95. The van der Waals surface area contributed by atoms with Gasteiger partial charge in [-0.15, -0.1) is 0 Å². The van der Waals surface area contributed by atoms with Crippen molar-refractivity contribution in [2.75, 3.05) is 26.0 Å². The summed E-state index contributed by atoms with van der Waals surface area (Å²) in [5, 5.41) is 2.82. The van der Waals surface area contributed by atoms with E-state index in [2.05, 4.69) is 15.0 Å². The van der Waals surface area contributed by atoms with Crippen LogP contribution in [0.25, 0.3) is 0 Å². The first-order chi connectivity index (χ1) is 7.99. The van der Waals surface area contributed by atoms with Gasteiger partial charge in [-0.05, 0) is 19.1 Å². The molecule has 1 aromatic rings. The molecular formula is C10H17N3O3S. The summed E-state index contributed by atoms with van der Waals surface area (Å²) in [5.74, 6) is 0.620. The van der Waals surface area contributed by atoms with Gasteiger partial charge in [-0.25, -0.2) is 18.1 Å². The Morgan fingerprint density at radius 1 is 1.47 bits per heavy atom. The van der Waals surface area contributed by atoms with Gasteiger partial charge in [0.05, 0.1) is 6.10 Å². The van der Waals surface area contributed by atoms with Gasteiger partial charge in [0.1, 0.15) is 10.7 Å². The standard InChI is InChI=1S/C10H17N3O3S/c1-8(16-3)6-13-17(14,15)9-4-5-10(11-2)12-7-9/h4-5,7-8,13H,6H2,1-3H3,(H,11,12). The van der Waals surface area contributed by atoms with Gasteiger partial charge in [0, 0.05) is 26.9 Å². The SMILES string of the molecule is CNc1ccc(S(=O)(=O)NCC(C)OC)cn1. The van der Waals surface area contributed by atoms with E-state index in [1.807, 2.05) is 0 Å². The fourth-order valence-corrected chi connectivity index (χ4v) is 2.14. The molecule has 0 fully saturated rings. The summed E-state index contributed by atoms with van der Waals surface area (Å²) in [4.78, 5) is 4.09. The van der Waals surface area contributed by atoms with Crippen LogP contribution in [0.4, 0.5) is 5.82 Å². The van der Waals surface area contributed by atoms with Gasteiger partial charge in [0.15, 0.2) is 0 Å². The highest BCUT2D eigenvalue weighted by molar-refractivity contribution is 7.89. The van der Waals surface area contributed by atoms with Crippen molar-refractivity contribution in [1.29, 1.82) is 0 Å². The van der Waals surface area contributed by atoms with Gasteiger partial charge < -0.3 is 10.1 Å². The van der Waals surface area contributed by atoms with Crippen molar-refractivity contribution in [3.8, 4) is 0 Å². The van der Waals surface area contributed by atoms with E-state index >= 15 is 0 Å². The van der Waals surface area contributed by atoms with E-state index in [9.17, 15) is 8.42 Å². The van der Waals surface area contributed by atoms with Crippen molar-refractivity contribution < 1.29 is 13.2 Å². The maximum Gasteiger partial charge on any atom is 0.242 e. The third-order valence-corrected chi connectivity index (χ3v) is 3.67. The topological polar surface area (TPSA) is 80.3 Å². The molecule has 0 aliphatic carbocycles. The lowest BCUT2D eigenvalue weighted by molar-refractivity contribution is 0.122. The number of methoxy groups -OCH3 is 1. The fourth-order valence-electron chi connectivity index (χ4n) is 1.08. The van der Waals surface area contributed by atoms with Gasteiger partial charge in [-0.1, -0.05) is 0 Å². The monoisotopic (exact) mass is 259 g/mol. The molecule has 0 bridgehead atoms. The molecule has 6 nitrogen and oxygen atoms in total. The number of anilines is 1. The lowest BCUT2D eigenvalue weighted by Gasteiger charge is -2.11. The summed E-state index contributed by atoms with van der Waals surface area (Å²) in [6, 6.07) is 3.10. The normalized spacial score (nSPS) is 13.4. The van der Waals surface area contributed by atoms with Crippen molar-refractivity contribution in [3.63, 3.8) is 0 Å². The summed E-state index contributed by atoms with van der Waals surface area (Å²) in [7, 11) is -0.263. The fraction of sp³-hybridized carbons (Fsp3) is 0.500. The van der Waals surface area contributed by atoms with Crippen LogP contribution in [-0.4, -0.2) is 40.2 Å². The Hall–Kier alpha value is -1.18. The molecule has 1 unspecified atom stereocenters. The van der Waals surface area contributed by atoms with Crippen molar-refractivity contribution >= 4 is 15.8 Å². The van der Waals surface area contributed by atoms with Crippen molar-refractivity contribution in [2.24, 2.45) is 0 Å². The van der Waals surface area contributed by atoms with E-state index in [4.69, 9.17) is 4.74 Å². The van der Waals surface area contributed by atoms with Crippen LogP contribution in [0.15, 0.2) is 23.2 Å². The van der Waals surface area contributed by atoms with Gasteiger partial charge in [0.2, 0.25) is 10.0 Å². The molecule has 0 aromatic carbocycles. The number of pyridine rings is 1. The Bertz CT molecular complexity index is 444. The van der Waals surface area contributed by atoms with E-state index in [1.54, 1.807) is 20.0 Å². The second kappa shape index (κ2) is 5.95. The molecule has 0 spiro atoms.